The molecule has 3 aromatic rings. The minimum atomic E-state index is -0.215. The number of carbonyl (C=O) groups is 1. The van der Waals surface area contributed by atoms with E-state index in [4.69, 9.17) is 23.2 Å². The quantitative estimate of drug-likeness (QED) is 0.762. The van der Waals surface area contributed by atoms with Gasteiger partial charge in [-0.3, -0.25) is 4.79 Å². The van der Waals surface area contributed by atoms with Gasteiger partial charge in [0.2, 0.25) is 0 Å². The summed E-state index contributed by atoms with van der Waals surface area (Å²) >= 11 is 11.9. The van der Waals surface area contributed by atoms with Gasteiger partial charge in [-0.05, 0) is 42.8 Å². The molecule has 0 radical (unpaired) electrons. The number of nitrogens with one attached hydrogen (secondary N) is 1. The van der Waals surface area contributed by atoms with Gasteiger partial charge in [0, 0.05) is 18.6 Å². The zero-order valence-electron chi connectivity index (χ0n) is 12.8. The average molecular weight is 361 g/mol. The Kier molecular flexibility index (Phi) is 4.83. The molecule has 0 aliphatic rings. The molecular weight excluding hydrogens is 347 g/mol. The molecule has 1 atom stereocenters. The molecule has 0 saturated heterocycles. The van der Waals surface area contributed by atoms with Crippen molar-refractivity contribution < 1.29 is 4.79 Å². The predicted molar refractivity (Wildman–Crippen MR) is 93.7 cm³/mol. The van der Waals surface area contributed by atoms with E-state index in [0.717, 1.165) is 5.56 Å². The van der Waals surface area contributed by atoms with Crippen LogP contribution in [0.3, 0.4) is 0 Å². The third-order valence-electron chi connectivity index (χ3n) is 3.54. The molecule has 3 rings (SSSR count). The highest BCUT2D eigenvalue weighted by molar-refractivity contribution is 6.42. The van der Waals surface area contributed by atoms with Crippen LogP contribution < -0.4 is 5.32 Å². The van der Waals surface area contributed by atoms with Crippen LogP contribution in [0.1, 0.15) is 28.9 Å². The van der Waals surface area contributed by atoms with Crippen LogP contribution in [0.15, 0.2) is 55.0 Å². The molecule has 122 valence electrons. The standard InChI is InChI=1S/C17H14Cl2N4O/c1-11(12-3-5-14(18)15(19)9-12)22-17(24)13-4-6-16(20-10-13)23-8-2-7-21-23/h2-11H,1H3,(H,22,24). The number of amides is 1. The van der Waals surface area contributed by atoms with Crippen LogP contribution in [0.5, 0.6) is 0 Å². The summed E-state index contributed by atoms with van der Waals surface area (Å²) in [6.45, 7) is 1.88. The molecule has 0 bridgehead atoms. The molecule has 0 spiro atoms. The van der Waals surface area contributed by atoms with Gasteiger partial charge in [0.15, 0.2) is 5.82 Å². The summed E-state index contributed by atoms with van der Waals surface area (Å²) < 4.78 is 1.63. The Morgan fingerprint density at radius 1 is 1.21 bits per heavy atom. The van der Waals surface area contributed by atoms with Crippen molar-refractivity contribution in [2.75, 3.05) is 0 Å². The first-order valence-electron chi connectivity index (χ1n) is 7.26. The number of aromatic nitrogens is 3. The van der Waals surface area contributed by atoms with Crippen LogP contribution in [-0.4, -0.2) is 20.7 Å². The molecule has 7 heteroatoms. The zero-order chi connectivity index (χ0) is 17.1. The van der Waals surface area contributed by atoms with E-state index in [2.05, 4.69) is 15.4 Å². The van der Waals surface area contributed by atoms with Crippen molar-refractivity contribution in [2.45, 2.75) is 13.0 Å². The van der Waals surface area contributed by atoms with Gasteiger partial charge in [-0.1, -0.05) is 29.3 Å². The molecule has 1 unspecified atom stereocenters. The summed E-state index contributed by atoms with van der Waals surface area (Å²) in [5, 5.41) is 7.95. The Morgan fingerprint density at radius 2 is 2.04 bits per heavy atom. The molecule has 1 amide bonds. The van der Waals surface area contributed by atoms with E-state index in [1.165, 1.54) is 6.20 Å². The van der Waals surface area contributed by atoms with Crippen LogP contribution in [0, 0.1) is 0 Å². The lowest BCUT2D eigenvalue weighted by atomic mass is 10.1. The average Bonchev–Trinajstić information content (AvgIpc) is 3.12. The number of benzene rings is 1. The van der Waals surface area contributed by atoms with Crippen LogP contribution in [0.4, 0.5) is 0 Å². The Labute approximate surface area is 149 Å². The van der Waals surface area contributed by atoms with Crippen LogP contribution >= 0.6 is 23.2 Å². The summed E-state index contributed by atoms with van der Waals surface area (Å²) in [6.07, 6.45) is 4.98. The van der Waals surface area contributed by atoms with E-state index in [1.54, 1.807) is 47.4 Å². The molecule has 1 aromatic carbocycles. The fourth-order valence-corrected chi connectivity index (χ4v) is 2.51. The number of rotatable bonds is 4. The van der Waals surface area contributed by atoms with Gasteiger partial charge in [-0.25, -0.2) is 9.67 Å². The van der Waals surface area contributed by atoms with Gasteiger partial charge in [-0.2, -0.15) is 5.10 Å². The Bertz CT molecular complexity index is 848. The maximum atomic E-state index is 12.3. The fourth-order valence-electron chi connectivity index (χ4n) is 2.21. The van der Waals surface area contributed by atoms with Crippen LogP contribution in [0.2, 0.25) is 10.0 Å². The largest absolute Gasteiger partial charge is 0.345 e. The lowest BCUT2D eigenvalue weighted by molar-refractivity contribution is 0.0939. The van der Waals surface area contributed by atoms with E-state index >= 15 is 0 Å². The van der Waals surface area contributed by atoms with E-state index in [1.807, 2.05) is 13.0 Å². The van der Waals surface area contributed by atoms with Crippen molar-refractivity contribution in [3.63, 3.8) is 0 Å². The van der Waals surface area contributed by atoms with Crippen molar-refractivity contribution in [1.29, 1.82) is 0 Å². The molecule has 2 aromatic heterocycles. The fraction of sp³-hybridized carbons (Fsp3) is 0.118. The monoisotopic (exact) mass is 360 g/mol. The Hall–Kier alpha value is -2.37. The second-order valence-corrected chi connectivity index (χ2v) is 6.04. The normalized spacial score (nSPS) is 12.0. The first-order chi connectivity index (χ1) is 11.5. The third kappa shape index (κ3) is 3.58. The number of halogens is 2. The molecule has 2 heterocycles. The first-order valence-corrected chi connectivity index (χ1v) is 8.02. The van der Waals surface area contributed by atoms with E-state index in [9.17, 15) is 4.79 Å². The topological polar surface area (TPSA) is 59.8 Å². The SMILES string of the molecule is CC(NC(=O)c1ccc(-n2cccn2)nc1)c1ccc(Cl)c(Cl)c1. The number of carbonyl (C=O) groups excluding carboxylic acids is 1. The second-order valence-electron chi connectivity index (χ2n) is 5.22. The summed E-state index contributed by atoms with van der Waals surface area (Å²) in [4.78, 5) is 16.6. The third-order valence-corrected chi connectivity index (χ3v) is 4.28. The zero-order valence-corrected chi connectivity index (χ0v) is 14.3. The number of hydrogen-bond donors (Lipinski definition) is 1. The summed E-state index contributed by atoms with van der Waals surface area (Å²) in [5.74, 6) is 0.433. The van der Waals surface area contributed by atoms with Crippen molar-refractivity contribution in [1.82, 2.24) is 20.1 Å². The molecule has 24 heavy (non-hydrogen) atoms. The predicted octanol–water partition coefficient (Wildman–Crippen LogP) is 4.07. The maximum absolute atomic E-state index is 12.3. The van der Waals surface area contributed by atoms with Gasteiger partial charge in [-0.15, -0.1) is 0 Å². The van der Waals surface area contributed by atoms with Gasteiger partial charge in [0.05, 0.1) is 21.7 Å². The van der Waals surface area contributed by atoms with E-state index in [0.29, 0.717) is 21.4 Å². The second kappa shape index (κ2) is 7.03. The van der Waals surface area contributed by atoms with Gasteiger partial charge in [0.25, 0.3) is 5.91 Å². The minimum absolute atomic E-state index is 0.210. The number of pyridine rings is 1. The maximum Gasteiger partial charge on any atom is 0.253 e. The van der Waals surface area contributed by atoms with Crippen molar-refractivity contribution in [3.05, 3.63) is 76.2 Å². The van der Waals surface area contributed by atoms with Crippen LogP contribution in [0.25, 0.3) is 5.82 Å². The molecule has 0 aliphatic carbocycles. The molecule has 5 nitrogen and oxygen atoms in total. The highest BCUT2D eigenvalue weighted by Gasteiger charge is 2.13. The highest BCUT2D eigenvalue weighted by atomic mass is 35.5. The minimum Gasteiger partial charge on any atom is -0.345 e. The molecule has 0 aliphatic heterocycles. The molecule has 0 saturated carbocycles. The van der Waals surface area contributed by atoms with Crippen molar-refractivity contribution >= 4 is 29.1 Å². The summed E-state index contributed by atoms with van der Waals surface area (Å²) in [7, 11) is 0. The van der Waals surface area contributed by atoms with E-state index < -0.39 is 0 Å². The highest BCUT2D eigenvalue weighted by Crippen LogP contribution is 2.25. The van der Waals surface area contributed by atoms with Crippen LogP contribution in [-0.2, 0) is 0 Å². The first kappa shape index (κ1) is 16.5. The molecule has 0 fully saturated rings. The molecule has 1 N–H and O–H groups in total. The summed E-state index contributed by atoms with van der Waals surface area (Å²) in [5.41, 5.74) is 1.34. The smallest absolute Gasteiger partial charge is 0.253 e. The van der Waals surface area contributed by atoms with Crippen molar-refractivity contribution in [3.8, 4) is 5.82 Å². The van der Waals surface area contributed by atoms with Gasteiger partial charge in [0.1, 0.15) is 0 Å². The van der Waals surface area contributed by atoms with E-state index in [-0.39, 0.29) is 11.9 Å². The summed E-state index contributed by atoms with van der Waals surface area (Å²) in [6, 6.07) is 10.3. The number of hydrogen-bond acceptors (Lipinski definition) is 3. The van der Waals surface area contributed by atoms with Gasteiger partial charge < -0.3 is 5.32 Å². The lowest BCUT2D eigenvalue weighted by Gasteiger charge is -2.15. The lowest BCUT2D eigenvalue weighted by Crippen LogP contribution is -2.26. The molecular formula is C17H14Cl2N4O. The number of nitrogens with zero attached hydrogens (tertiary/aromatic N) is 3. The van der Waals surface area contributed by atoms with Gasteiger partial charge >= 0.3 is 0 Å². The Morgan fingerprint density at radius 3 is 2.67 bits per heavy atom. The Balaban J connectivity index is 1.71. The van der Waals surface area contributed by atoms with Crippen molar-refractivity contribution in [2.24, 2.45) is 0 Å².